The van der Waals surface area contributed by atoms with Crippen molar-refractivity contribution in [2.75, 3.05) is 92.7 Å². The molecule has 0 spiro atoms. The first-order valence-electron chi connectivity index (χ1n) is 35.3. The Kier molecular flexibility index (Phi) is 39.4. The third-order valence-electron chi connectivity index (χ3n) is 18.7. The highest BCUT2D eigenvalue weighted by Gasteiger charge is 2.47. The van der Waals surface area contributed by atoms with Crippen molar-refractivity contribution in [1.82, 2.24) is 60.5 Å². The van der Waals surface area contributed by atoms with E-state index in [2.05, 4.69) is 26.2 Å². The zero-order chi connectivity index (χ0) is 75.7. The van der Waals surface area contributed by atoms with E-state index in [9.17, 15) is 19.5 Å². The lowest BCUT2D eigenvalue weighted by Gasteiger charge is -2.41. The molecule has 1 rings (SSSR count). The van der Waals surface area contributed by atoms with Crippen molar-refractivity contribution in [3.63, 3.8) is 0 Å². The molecule has 0 bridgehead atoms. The smallest absolute Gasteiger partial charge is 0.246 e. The zero-order valence-electron chi connectivity index (χ0n) is 64.8. The third kappa shape index (κ3) is 26.5. The molecule has 0 aromatic rings. The van der Waals surface area contributed by atoms with Gasteiger partial charge in [-0.1, -0.05) is 109 Å². The number of aliphatic hydroxyl groups is 1. The highest BCUT2D eigenvalue weighted by atomic mass is 32.2. The highest BCUT2D eigenvalue weighted by molar-refractivity contribution is 7.99. The monoisotopic (exact) mass is 1420 g/mol. The summed E-state index contributed by atoms with van der Waals surface area (Å²) in [4.78, 5) is 177. The molecule has 11 amide bonds. The SMILES string of the molecule is CC=CC[C@@H](C)[C@@H](O)[C@H]1C(=O)N[C@@H](CC)C(=O)N(C)[C@H](CSCCN(CC)CC)C(=O)N(C)[C@@H](CC(C)(C)OCSC)C(=O)N[C@@H](C(C)C)C(=O)N(C)[C@@H](CC(C)C)C(=O)N[C@@H](C)C(=O)N[C@H](C)C(=O)N(C)[C@@H](CC(C)C)C(=O)N(C)[C@@H](CC(C)C)C(=O)N(C)[C@@H](C(C)C)C(=O)N1C. The molecular weight excluding hydrogens is 1290 g/mol. The quantitative estimate of drug-likeness (QED) is 0.0448. The number of carbonyl (C=O) groups is 11. The van der Waals surface area contributed by atoms with Crippen molar-refractivity contribution < 1.29 is 62.6 Å². The first-order chi connectivity index (χ1) is 45.5. The van der Waals surface area contributed by atoms with Crippen LogP contribution in [-0.4, -0.2) is 280 Å². The molecule has 1 aliphatic heterocycles. The lowest BCUT2D eigenvalue weighted by atomic mass is 9.91. The number of thioether (sulfide) groups is 2. The minimum Gasteiger partial charge on any atom is -0.390 e. The van der Waals surface area contributed by atoms with Gasteiger partial charge in [-0.3, -0.25) is 52.7 Å². The topological polar surface area (TPSA) is 291 Å². The van der Waals surface area contributed by atoms with Gasteiger partial charge in [0.05, 0.1) is 17.6 Å². The van der Waals surface area contributed by atoms with Crippen LogP contribution in [0.3, 0.4) is 0 Å². The van der Waals surface area contributed by atoms with Crippen LogP contribution in [-0.2, 0) is 57.5 Å². The maximum Gasteiger partial charge on any atom is 0.246 e. The van der Waals surface area contributed by atoms with E-state index in [1.54, 1.807) is 61.5 Å². The fourth-order valence-corrected chi connectivity index (χ4v) is 13.8. The largest absolute Gasteiger partial charge is 0.390 e. The van der Waals surface area contributed by atoms with Crippen molar-refractivity contribution in [3.8, 4) is 0 Å². The van der Waals surface area contributed by atoms with E-state index in [0.717, 1.165) is 18.0 Å². The van der Waals surface area contributed by atoms with Gasteiger partial charge in [0.15, 0.2) is 0 Å². The summed E-state index contributed by atoms with van der Waals surface area (Å²) in [6, 6.07) is -14.1. The number of allylic oxidation sites excluding steroid dienone is 2. The second-order valence-electron chi connectivity index (χ2n) is 29.3. The van der Waals surface area contributed by atoms with E-state index in [0.29, 0.717) is 18.7 Å². The fraction of sp³-hybridized carbons (Fsp3) is 0.817. The number of rotatable bonds is 25. The van der Waals surface area contributed by atoms with Crippen LogP contribution >= 0.6 is 23.5 Å². The molecule has 0 aliphatic carbocycles. The van der Waals surface area contributed by atoms with E-state index in [1.807, 2.05) is 74.6 Å². The summed E-state index contributed by atoms with van der Waals surface area (Å²) >= 11 is 2.84. The molecule has 25 nitrogen and oxygen atoms in total. The van der Waals surface area contributed by atoms with Crippen LogP contribution in [0, 0.1) is 35.5 Å². The predicted octanol–water partition coefficient (Wildman–Crippen LogP) is 5.17. The third-order valence-corrected chi connectivity index (χ3v) is 20.0. The molecule has 0 aromatic carbocycles. The first-order valence-corrected chi connectivity index (χ1v) is 37.8. The molecule has 1 heterocycles. The summed E-state index contributed by atoms with van der Waals surface area (Å²) in [6.07, 6.45) is 4.55. The highest BCUT2D eigenvalue weighted by Crippen LogP contribution is 2.28. The molecule has 13 atom stereocenters. The van der Waals surface area contributed by atoms with Gasteiger partial charge in [-0.2, -0.15) is 11.8 Å². The minimum absolute atomic E-state index is 0.00943. The van der Waals surface area contributed by atoms with Crippen LogP contribution in [0.1, 0.15) is 170 Å². The van der Waals surface area contributed by atoms with Crippen molar-refractivity contribution in [2.45, 2.75) is 248 Å². The molecular formula is C71H130N12O13S2. The molecule has 1 saturated heterocycles. The summed E-state index contributed by atoms with van der Waals surface area (Å²) < 4.78 is 6.26. The van der Waals surface area contributed by atoms with Crippen LogP contribution in [0.5, 0.6) is 0 Å². The van der Waals surface area contributed by atoms with Gasteiger partial charge in [0.25, 0.3) is 0 Å². The van der Waals surface area contributed by atoms with Gasteiger partial charge < -0.3 is 70.3 Å². The van der Waals surface area contributed by atoms with Crippen molar-refractivity contribution in [3.05, 3.63) is 12.2 Å². The number of hydrogen-bond acceptors (Lipinski definition) is 16. The number of amides is 11. The number of carbonyl (C=O) groups excluding carboxylic acids is 11. The van der Waals surface area contributed by atoms with Gasteiger partial charge >= 0.3 is 0 Å². The van der Waals surface area contributed by atoms with Crippen LogP contribution in [0.4, 0.5) is 0 Å². The molecule has 564 valence electrons. The molecule has 27 heteroatoms. The summed E-state index contributed by atoms with van der Waals surface area (Å²) in [5.74, 6) is -9.05. The van der Waals surface area contributed by atoms with E-state index < -0.39 is 161 Å². The molecule has 0 radical (unpaired) electrons. The molecule has 0 unspecified atom stereocenters. The second kappa shape index (κ2) is 42.7. The first kappa shape index (κ1) is 90.5. The van der Waals surface area contributed by atoms with Crippen molar-refractivity contribution in [2.24, 2.45) is 35.5 Å². The Morgan fingerprint density at radius 1 is 0.531 bits per heavy atom. The Balaban J connectivity index is 4.66. The van der Waals surface area contributed by atoms with E-state index in [-0.39, 0.29) is 61.5 Å². The maximum absolute atomic E-state index is 15.6. The van der Waals surface area contributed by atoms with Crippen LogP contribution in [0.2, 0.25) is 0 Å². The maximum atomic E-state index is 15.6. The van der Waals surface area contributed by atoms with Crippen molar-refractivity contribution in [1.29, 1.82) is 0 Å². The average Bonchev–Trinajstić information content (AvgIpc) is 0.806. The Morgan fingerprint density at radius 2 is 0.980 bits per heavy atom. The van der Waals surface area contributed by atoms with Gasteiger partial charge in [0, 0.05) is 73.8 Å². The summed E-state index contributed by atoms with van der Waals surface area (Å²) in [5, 5.41) is 23.6. The Bertz CT molecular complexity index is 2640. The number of aliphatic hydroxyl groups excluding tert-OH is 1. The number of nitrogens with zero attached hydrogens (tertiary/aromatic N) is 8. The Hall–Kier alpha value is -5.51. The Morgan fingerprint density at radius 3 is 1.46 bits per heavy atom. The zero-order valence-corrected chi connectivity index (χ0v) is 66.4. The second-order valence-corrected chi connectivity index (χ2v) is 31.3. The van der Waals surface area contributed by atoms with E-state index in [1.165, 1.54) is 116 Å². The number of ether oxygens (including phenoxy) is 1. The van der Waals surface area contributed by atoms with Crippen LogP contribution in [0.15, 0.2) is 12.2 Å². The minimum atomic E-state index is -1.65. The molecule has 0 aromatic heterocycles. The number of nitrogens with one attached hydrogen (secondary N) is 4. The number of hydrogen-bond donors (Lipinski definition) is 5. The molecule has 98 heavy (non-hydrogen) atoms. The van der Waals surface area contributed by atoms with Crippen molar-refractivity contribution >= 4 is 88.5 Å². The summed E-state index contributed by atoms with van der Waals surface area (Å²) in [5.41, 5.74) is -1.05. The normalized spacial score (nSPS) is 25.9. The fourth-order valence-electron chi connectivity index (χ4n) is 12.2. The Labute approximate surface area is 597 Å². The van der Waals surface area contributed by atoms with Crippen LogP contribution < -0.4 is 21.3 Å². The molecule has 1 aliphatic rings. The average molecular weight is 1420 g/mol. The summed E-state index contributed by atoms with van der Waals surface area (Å²) in [7, 11) is 10.1. The van der Waals surface area contributed by atoms with Gasteiger partial charge in [0.2, 0.25) is 65.0 Å². The summed E-state index contributed by atoms with van der Waals surface area (Å²) in [6.45, 7) is 36.1. The van der Waals surface area contributed by atoms with Gasteiger partial charge in [-0.05, 0) is 122 Å². The molecule has 0 saturated carbocycles. The molecule has 1 fully saturated rings. The van der Waals surface area contributed by atoms with E-state index >= 15 is 38.4 Å². The lowest BCUT2D eigenvalue weighted by molar-refractivity contribution is -0.157. The van der Waals surface area contributed by atoms with Gasteiger partial charge in [-0.15, -0.1) is 11.8 Å². The number of likely N-dealkylation sites (N-methyl/N-ethyl adjacent to an activating group) is 7. The predicted molar refractivity (Wildman–Crippen MR) is 391 cm³/mol. The van der Waals surface area contributed by atoms with Crippen LogP contribution in [0.25, 0.3) is 0 Å². The standard InChI is InChI=1S/C71H130N12O13S2/c1-28-32-33-47(15)59(84)58-63(88)74-50(29-2)65(90)80(24)55(40-98-35-34-83(30-3)31-4)68(93)79(23)54(39-71(18,19)96-41-97-27)62(87)75-56(45(11)12)69(94)76(20)51(36-42(5)6)61(86)72-48(16)60(85)73-49(17)64(89)77(21)52(37-43(7)8)66(91)78(22)53(38-44(9)10)67(92)81(25)57(46(13)14)70(95)82(58)26/h28,32,42-59,84H,29-31,33-41H2,1-27H3,(H,72,86)(H,73,85)(H,74,88)(H,75,87)/t47-,48+,49-,50+,51+,52+,53+,54+,55-,56+,57+,58+,59-/m1/s1. The van der Waals surface area contributed by atoms with Gasteiger partial charge in [0.1, 0.15) is 66.5 Å². The molecule has 5 N–H and O–H groups in total. The van der Waals surface area contributed by atoms with Gasteiger partial charge in [-0.25, -0.2) is 0 Å². The lowest BCUT2D eigenvalue weighted by Crippen LogP contribution is -2.64. The van der Waals surface area contributed by atoms with E-state index in [4.69, 9.17) is 4.74 Å².